The highest BCUT2D eigenvalue weighted by Crippen LogP contribution is 2.54. The number of phosphoric ester groups is 1. The van der Waals surface area contributed by atoms with Crippen LogP contribution in [0.3, 0.4) is 0 Å². The van der Waals surface area contributed by atoms with Gasteiger partial charge in [0.25, 0.3) is 0 Å². The van der Waals surface area contributed by atoms with Crippen molar-refractivity contribution in [2.45, 2.75) is 128 Å². The van der Waals surface area contributed by atoms with E-state index in [4.69, 9.17) is 9.05 Å². The van der Waals surface area contributed by atoms with Crippen LogP contribution in [0.1, 0.15) is 116 Å². The third-order valence-corrected chi connectivity index (χ3v) is 9.63. The lowest BCUT2D eigenvalue weighted by Gasteiger charge is -2.41. The number of phosphoric acid groups is 1. The summed E-state index contributed by atoms with van der Waals surface area (Å²) < 4.78 is 25.1. The Labute approximate surface area is 178 Å². The minimum absolute atomic E-state index is 0.0839. The lowest BCUT2D eigenvalue weighted by molar-refractivity contribution is -0.0213. The minimum Gasteiger partial charge on any atom is -0.302 e. The summed E-state index contributed by atoms with van der Waals surface area (Å²) in [5.41, 5.74) is 0. The summed E-state index contributed by atoms with van der Waals surface area (Å²) in [6, 6.07) is 0. The summed E-state index contributed by atoms with van der Waals surface area (Å²) >= 11 is 0. The first kappa shape index (κ1) is 22.3. The average molecular weight is 427 g/mol. The Morgan fingerprint density at radius 2 is 0.862 bits per heavy atom. The van der Waals surface area contributed by atoms with Gasteiger partial charge >= 0.3 is 7.82 Å². The first-order valence-electron chi connectivity index (χ1n) is 12.8. The molecule has 4 fully saturated rings. The van der Waals surface area contributed by atoms with E-state index in [1.54, 1.807) is 0 Å². The molecule has 0 saturated heterocycles. The molecule has 4 saturated carbocycles. The Morgan fingerprint density at radius 1 is 0.517 bits per heavy atom. The summed E-state index contributed by atoms with van der Waals surface area (Å²) in [5.74, 6) is 2.26. The van der Waals surface area contributed by atoms with Crippen LogP contribution in [0.25, 0.3) is 0 Å². The second-order valence-corrected chi connectivity index (χ2v) is 11.8. The first-order chi connectivity index (χ1) is 14.1. The van der Waals surface area contributed by atoms with Crippen LogP contribution in [0.4, 0.5) is 0 Å². The normalized spacial score (nSPS) is 37.8. The number of rotatable bonds is 6. The molecule has 0 aromatic heterocycles. The van der Waals surface area contributed by atoms with E-state index in [1.807, 2.05) is 0 Å². The van der Waals surface area contributed by atoms with Crippen molar-refractivity contribution >= 4 is 7.82 Å². The molecule has 0 heterocycles. The van der Waals surface area contributed by atoms with Crippen molar-refractivity contribution in [2.24, 2.45) is 23.7 Å². The quantitative estimate of drug-likeness (QED) is 0.450. The highest BCUT2D eigenvalue weighted by atomic mass is 31.2. The minimum atomic E-state index is -4.01. The molecule has 0 aromatic carbocycles. The summed E-state index contributed by atoms with van der Waals surface area (Å²) in [4.78, 5) is 10.8. The molecule has 4 nitrogen and oxygen atoms in total. The Morgan fingerprint density at radius 3 is 1.28 bits per heavy atom. The van der Waals surface area contributed by atoms with Crippen molar-refractivity contribution < 1.29 is 18.5 Å². The topological polar surface area (TPSA) is 55.8 Å². The predicted molar refractivity (Wildman–Crippen MR) is 117 cm³/mol. The zero-order chi connectivity index (χ0) is 20.1. The molecule has 5 heteroatoms. The average Bonchev–Trinajstić information content (AvgIpc) is 2.75. The first-order valence-corrected chi connectivity index (χ1v) is 14.3. The van der Waals surface area contributed by atoms with E-state index in [1.165, 1.54) is 77.0 Å². The maximum Gasteiger partial charge on any atom is 0.472 e. The van der Waals surface area contributed by atoms with Crippen molar-refractivity contribution in [3.05, 3.63) is 0 Å². The van der Waals surface area contributed by atoms with Crippen LogP contribution in [0.5, 0.6) is 0 Å². The third-order valence-electron chi connectivity index (χ3n) is 8.56. The monoisotopic (exact) mass is 426 g/mol. The SMILES string of the molecule is O=P(O)(OC1CCCCC1C1CCCCC1)OC1CCCCC1C1CCCCC1. The van der Waals surface area contributed by atoms with Crippen LogP contribution in [0.2, 0.25) is 0 Å². The molecule has 0 radical (unpaired) electrons. The smallest absolute Gasteiger partial charge is 0.302 e. The molecule has 0 spiro atoms. The van der Waals surface area contributed by atoms with Crippen LogP contribution in [-0.2, 0) is 13.6 Å². The van der Waals surface area contributed by atoms with Crippen LogP contribution >= 0.6 is 7.82 Å². The van der Waals surface area contributed by atoms with Gasteiger partial charge in [0, 0.05) is 0 Å². The van der Waals surface area contributed by atoms with E-state index >= 15 is 0 Å². The van der Waals surface area contributed by atoms with Crippen molar-refractivity contribution in [1.29, 1.82) is 0 Å². The van der Waals surface area contributed by atoms with Gasteiger partial charge < -0.3 is 4.89 Å². The van der Waals surface area contributed by atoms with Gasteiger partial charge in [0.2, 0.25) is 0 Å². The Bertz CT molecular complexity index is 497. The molecule has 0 aliphatic heterocycles. The standard InChI is InChI=1S/C24H43O4P/c25-29(26,27-23-17-9-7-15-21(23)19-11-3-1-4-12-19)28-24-18-10-8-16-22(24)20-13-5-2-6-14-20/h19-24H,1-18H2,(H,25,26). The molecule has 4 rings (SSSR count). The maximum absolute atomic E-state index is 13.1. The second kappa shape index (κ2) is 10.6. The van der Waals surface area contributed by atoms with Gasteiger partial charge in [-0.1, -0.05) is 89.9 Å². The van der Waals surface area contributed by atoms with Crippen molar-refractivity contribution in [1.82, 2.24) is 0 Å². The molecule has 1 N–H and O–H groups in total. The Hall–Kier alpha value is 0.110. The molecule has 4 unspecified atom stereocenters. The third kappa shape index (κ3) is 6.09. The largest absolute Gasteiger partial charge is 0.472 e. The maximum atomic E-state index is 13.1. The summed E-state index contributed by atoms with van der Waals surface area (Å²) in [6.07, 6.45) is 21.7. The van der Waals surface area contributed by atoms with E-state index in [2.05, 4.69) is 0 Å². The lowest BCUT2D eigenvalue weighted by Crippen LogP contribution is -2.36. The van der Waals surface area contributed by atoms with Crippen LogP contribution in [-0.4, -0.2) is 17.1 Å². The zero-order valence-corrected chi connectivity index (χ0v) is 19.2. The molecule has 0 bridgehead atoms. The molecule has 168 valence electrons. The zero-order valence-electron chi connectivity index (χ0n) is 18.3. The molecule has 0 aromatic rings. The Kier molecular flexibility index (Phi) is 8.17. The molecule has 4 atom stereocenters. The van der Waals surface area contributed by atoms with E-state index in [0.717, 1.165) is 38.5 Å². The molecule has 4 aliphatic carbocycles. The van der Waals surface area contributed by atoms with Crippen LogP contribution in [0, 0.1) is 23.7 Å². The van der Waals surface area contributed by atoms with E-state index in [0.29, 0.717) is 23.7 Å². The van der Waals surface area contributed by atoms with Crippen LogP contribution < -0.4 is 0 Å². The van der Waals surface area contributed by atoms with Gasteiger partial charge in [-0.05, 0) is 49.4 Å². The van der Waals surface area contributed by atoms with Gasteiger partial charge in [-0.2, -0.15) is 0 Å². The van der Waals surface area contributed by atoms with Gasteiger partial charge in [-0.25, -0.2) is 4.57 Å². The molecule has 0 amide bonds. The highest BCUT2D eigenvalue weighted by Gasteiger charge is 2.41. The molecular formula is C24H43O4P. The molecule has 4 aliphatic rings. The highest BCUT2D eigenvalue weighted by molar-refractivity contribution is 7.47. The van der Waals surface area contributed by atoms with Crippen molar-refractivity contribution in [2.75, 3.05) is 0 Å². The van der Waals surface area contributed by atoms with Crippen LogP contribution in [0.15, 0.2) is 0 Å². The van der Waals surface area contributed by atoms with E-state index in [9.17, 15) is 9.46 Å². The summed E-state index contributed by atoms with van der Waals surface area (Å²) in [6.45, 7) is 0. The van der Waals surface area contributed by atoms with Gasteiger partial charge in [0.15, 0.2) is 0 Å². The Balaban J connectivity index is 1.38. The summed E-state index contributed by atoms with van der Waals surface area (Å²) in [7, 11) is -4.01. The number of hydrogen-bond donors (Lipinski definition) is 1. The van der Waals surface area contributed by atoms with Gasteiger partial charge in [-0.3, -0.25) is 9.05 Å². The molecule has 29 heavy (non-hydrogen) atoms. The fourth-order valence-electron chi connectivity index (χ4n) is 7.08. The fourth-order valence-corrected chi connectivity index (χ4v) is 8.34. The van der Waals surface area contributed by atoms with E-state index in [-0.39, 0.29) is 12.2 Å². The van der Waals surface area contributed by atoms with Crippen molar-refractivity contribution in [3.8, 4) is 0 Å². The number of hydrogen-bond acceptors (Lipinski definition) is 3. The fraction of sp³-hybridized carbons (Fsp3) is 1.00. The second-order valence-electron chi connectivity index (χ2n) is 10.4. The lowest BCUT2D eigenvalue weighted by atomic mass is 9.72. The van der Waals surface area contributed by atoms with E-state index < -0.39 is 7.82 Å². The molecular weight excluding hydrogens is 383 g/mol. The van der Waals surface area contributed by atoms with Gasteiger partial charge in [0.1, 0.15) is 0 Å². The summed E-state index contributed by atoms with van der Waals surface area (Å²) in [5, 5.41) is 0. The van der Waals surface area contributed by atoms with Crippen molar-refractivity contribution in [3.63, 3.8) is 0 Å². The van der Waals surface area contributed by atoms with Gasteiger partial charge in [0.05, 0.1) is 12.2 Å². The predicted octanol–water partition coefficient (Wildman–Crippen LogP) is 7.40. The van der Waals surface area contributed by atoms with Gasteiger partial charge in [-0.15, -0.1) is 0 Å².